The molecule has 2 heterocycles. The molecule has 3 aromatic rings. The number of aromatic nitrogens is 5. The molecule has 0 saturated carbocycles. The van der Waals surface area contributed by atoms with Gasteiger partial charge in [-0.2, -0.15) is 0 Å². The zero-order valence-electron chi connectivity index (χ0n) is 9.56. The predicted molar refractivity (Wildman–Crippen MR) is 65.2 cm³/mol. The lowest BCUT2D eigenvalue weighted by molar-refractivity contribution is 0.298. The summed E-state index contributed by atoms with van der Waals surface area (Å²) >= 11 is 0. The van der Waals surface area contributed by atoms with Crippen LogP contribution in [-0.4, -0.2) is 36.7 Å². The average molecular weight is 241 g/mol. The van der Waals surface area contributed by atoms with Gasteiger partial charge in [0.25, 0.3) is 0 Å². The van der Waals surface area contributed by atoms with Crippen molar-refractivity contribution < 1.29 is 5.11 Å². The van der Waals surface area contributed by atoms with Gasteiger partial charge < -0.3 is 5.11 Å². The van der Waals surface area contributed by atoms with Gasteiger partial charge in [0.05, 0.1) is 28.6 Å². The summed E-state index contributed by atoms with van der Waals surface area (Å²) in [5.41, 5.74) is 3.29. The molecule has 0 amide bonds. The smallest absolute Gasteiger partial charge is 0.0908 e. The van der Waals surface area contributed by atoms with Gasteiger partial charge in [-0.15, -0.1) is 5.10 Å². The lowest BCUT2D eigenvalue weighted by Gasteiger charge is -2.01. The Kier molecular flexibility index (Phi) is 2.70. The van der Waals surface area contributed by atoms with E-state index in [-0.39, 0.29) is 6.61 Å². The maximum atomic E-state index is 8.85. The number of nitrogens with zero attached hydrogens (tertiary/aromatic N) is 5. The van der Waals surface area contributed by atoms with Crippen LogP contribution < -0.4 is 0 Å². The minimum Gasteiger partial charge on any atom is -0.396 e. The van der Waals surface area contributed by atoms with Gasteiger partial charge >= 0.3 is 0 Å². The van der Waals surface area contributed by atoms with Crippen molar-refractivity contribution in [2.75, 3.05) is 6.61 Å². The summed E-state index contributed by atoms with van der Waals surface area (Å²) in [5.74, 6) is 0. The van der Waals surface area contributed by atoms with Gasteiger partial charge in [0.15, 0.2) is 0 Å². The highest BCUT2D eigenvalue weighted by molar-refractivity contribution is 5.76. The van der Waals surface area contributed by atoms with Crippen LogP contribution in [0.4, 0.5) is 0 Å². The number of hydrogen-bond acceptors (Lipinski definition) is 5. The molecule has 1 N–H and O–H groups in total. The van der Waals surface area contributed by atoms with Gasteiger partial charge in [0, 0.05) is 25.4 Å². The van der Waals surface area contributed by atoms with Crippen LogP contribution in [0.1, 0.15) is 5.69 Å². The molecule has 0 saturated heterocycles. The molecule has 2 aromatic heterocycles. The molecule has 18 heavy (non-hydrogen) atoms. The number of fused-ring (bicyclic) bond motifs is 1. The lowest BCUT2D eigenvalue weighted by Crippen LogP contribution is -1.95. The fourth-order valence-electron chi connectivity index (χ4n) is 1.75. The van der Waals surface area contributed by atoms with Crippen LogP contribution in [0.2, 0.25) is 0 Å². The highest BCUT2D eigenvalue weighted by Gasteiger charge is 2.04. The minimum atomic E-state index is 0.0713. The fraction of sp³-hybridized carbons (Fsp3) is 0.167. The lowest BCUT2D eigenvalue weighted by atomic mass is 10.2. The summed E-state index contributed by atoms with van der Waals surface area (Å²) in [6.07, 6.45) is 5.63. The van der Waals surface area contributed by atoms with Gasteiger partial charge in [0.2, 0.25) is 0 Å². The van der Waals surface area contributed by atoms with Crippen LogP contribution in [0.5, 0.6) is 0 Å². The van der Waals surface area contributed by atoms with Crippen molar-refractivity contribution in [1.29, 1.82) is 0 Å². The van der Waals surface area contributed by atoms with Crippen LogP contribution in [-0.2, 0) is 6.42 Å². The molecule has 0 aliphatic heterocycles. The topological polar surface area (TPSA) is 76.7 Å². The van der Waals surface area contributed by atoms with Crippen LogP contribution in [0.25, 0.3) is 16.7 Å². The van der Waals surface area contributed by atoms with E-state index in [4.69, 9.17) is 5.11 Å². The van der Waals surface area contributed by atoms with Crippen LogP contribution >= 0.6 is 0 Å². The van der Waals surface area contributed by atoms with Crippen molar-refractivity contribution in [2.24, 2.45) is 0 Å². The van der Waals surface area contributed by atoms with Crippen molar-refractivity contribution in [3.05, 3.63) is 42.5 Å². The molecule has 0 fully saturated rings. The Morgan fingerprint density at radius 2 is 1.94 bits per heavy atom. The Morgan fingerprint density at radius 3 is 2.78 bits per heavy atom. The minimum absolute atomic E-state index is 0.0713. The standard InChI is InChI=1S/C12H11N5O/c18-6-3-9-8-17(16-15-9)10-1-2-11-12(7-10)14-5-4-13-11/h1-2,4-5,7-8,18H,3,6H2. The first-order valence-corrected chi connectivity index (χ1v) is 5.60. The molecule has 0 spiro atoms. The highest BCUT2D eigenvalue weighted by Crippen LogP contribution is 2.14. The second-order valence-corrected chi connectivity index (χ2v) is 3.86. The number of benzene rings is 1. The van der Waals surface area contributed by atoms with Crippen molar-refractivity contribution in [1.82, 2.24) is 25.0 Å². The maximum absolute atomic E-state index is 8.85. The molecule has 90 valence electrons. The molecular weight excluding hydrogens is 230 g/mol. The van der Waals surface area contributed by atoms with Crippen LogP contribution in [0, 0.1) is 0 Å². The molecule has 6 heteroatoms. The van der Waals surface area contributed by atoms with E-state index < -0.39 is 0 Å². The van der Waals surface area contributed by atoms with Gasteiger partial charge in [-0.3, -0.25) is 9.97 Å². The molecule has 0 unspecified atom stereocenters. The monoisotopic (exact) mass is 241 g/mol. The Bertz CT molecular complexity index is 679. The number of aliphatic hydroxyl groups is 1. The first-order chi connectivity index (χ1) is 8.86. The number of hydrogen-bond donors (Lipinski definition) is 1. The Hall–Kier alpha value is -2.34. The molecule has 3 rings (SSSR count). The van der Waals surface area contributed by atoms with E-state index in [0.717, 1.165) is 22.4 Å². The van der Waals surface area contributed by atoms with E-state index in [0.29, 0.717) is 6.42 Å². The first-order valence-electron chi connectivity index (χ1n) is 5.60. The second-order valence-electron chi connectivity index (χ2n) is 3.86. The average Bonchev–Trinajstić information content (AvgIpc) is 2.87. The SMILES string of the molecule is OCCc1cn(-c2ccc3nccnc3c2)nn1. The summed E-state index contributed by atoms with van der Waals surface area (Å²) < 4.78 is 1.67. The highest BCUT2D eigenvalue weighted by atomic mass is 16.3. The molecular formula is C12H11N5O. The molecule has 0 bridgehead atoms. The summed E-state index contributed by atoms with van der Waals surface area (Å²) in [7, 11) is 0. The van der Waals surface area contributed by atoms with E-state index >= 15 is 0 Å². The molecule has 1 aromatic carbocycles. The van der Waals surface area contributed by atoms with Crippen LogP contribution in [0.15, 0.2) is 36.8 Å². The summed E-state index contributed by atoms with van der Waals surface area (Å²) in [6, 6.07) is 5.71. The van der Waals surface area contributed by atoms with E-state index in [1.54, 1.807) is 23.3 Å². The Morgan fingerprint density at radius 1 is 1.11 bits per heavy atom. The Labute approximate surface area is 103 Å². The third-order valence-electron chi connectivity index (χ3n) is 2.63. The Balaban J connectivity index is 2.02. The van der Waals surface area contributed by atoms with Crippen molar-refractivity contribution in [2.45, 2.75) is 6.42 Å². The van der Waals surface area contributed by atoms with Crippen molar-refractivity contribution >= 4 is 11.0 Å². The van der Waals surface area contributed by atoms with Gasteiger partial charge in [-0.25, -0.2) is 4.68 Å². The van der Waals surface area contributed by atoms with Crippen molar-refractivity contribution in [3.63, 3.8) is 0 Å². The quantitative estimate of drug-likeness (QED) is 0.732. The van der Waals surface area contributed by atoms with E-state index in [9.17, 15) is 0 Å². The van der Waals surface area contributed by atoms with E-state index in [1.807, 2.05) is 18.2 Å². The van der Waals surface area contributed by atoms with Gasteiger partial charge in [-0.05, 0) is 18.2 Å². The zero-order valence-corrected chi connectivity index (χ0v) is 9.56. The largest absolute Gasteiger partial charge is 0.396 e. The molecule has 6 nitrogen and oxygen atoms in total. The van der Waals surface area contributed by atoms with Gasteiger partial charge in [0.1, 0.15) is 0 Å². The zero-order chi connectivity index (χ0) is 12.4. The second kappa shape index (κ2) is 4.50. The molecule has 0 aliphatic carbocycles. The maximum Gasteiger partial charge on any atom is 0.0908 e. The molecule has 0 atom stereocenters. The van der Waals surface area contributed by atoms with Crippen molar-refractivity contribution in [3.8, 4) is 5.69 Å². The van der Waals surface area contributed by atoms with Crippen LogP contribution in [0.3, 0.4) is 0 Å². The third kappa shape index (κ3) is 1.93. The summed E-state index contributed by atoms with van der Waals surface area (Å²) in [5, 5.41) is 16.8. The summed E-state index contributed by atoms with van der Waals surface area (Å²) in [6.45, 7) is 0.0713. The van der Waals surface area contributed by atoms with E-state index in [1.165, 1.54) is 0 Å². The normalized spacial score (nSPS) is 10.9. The molecule has 0 aliphatic rings. The first kappa shape index (κ1) is 10.8. The van der Waals surface area contributed by atoms with Gasteiger partial charge in [-0.1, -0.05) is 5.21 Å². The summed E-state index contributed by atoms with van der Waals surface area (Å²) in [4.78, 5) is 8.46. The molecule has 0 radical (unpaired) electrons. The predicted octanol–water partition coefficient (Wildman–Crippen LogP) is 0.745. The fourth-order valence-corrected chi connectivity index (χ4v) is 1.75. The van der Waals surface area contributed by atoms with E-state index in [2.05, 4.69) is 20.3 Å². The third-order valence-corrected chi connectivity index (χ3v) is 2.63. The number of rotatable bonds is 3. The number of aliphatic hydroxyl groups excluding tert-OH is 1.